The molecule has 3 rings (SSSR count). The van der Waals surface area contributed by atoms with Gasteiger partial charge in [-0.2, -0.15) is 5.10 Å². The standard InChI is InChI=1S/C21H22N4O2/c1-15-6-11-20(16(2)13-15)23-21(26)24-22-14-18-5-4-12-25(18)17-7-9-19(27-3)10-8-17/h4-14H,1-3H3,(H2,23,24,26)/b22-14-. The molecule has 0 bridgehead atoms. The van der Waals surface area contributed by atoms with Gasteiger partial charge in [0.25, 0.3) is 0 Å². The third-order valence-corrected chi connectivity index (χ3v) is 4.12. The minimum absolute atomic E-state index is 0.388. The number of ether oxygens (including phenoxy) is 1. The molecule has 6 nitrogen and oxygen atoms in total. The Morgan fingerprint density at radius 3 is 2.59 bits per heavy atom. The molecular formula is C21H22N4O2. The molecule has 2 amide bonds. The molecule has 0 saturated carbocycles. The maximum Gasteiger partial charge on any atom is 0.339 e. The lowest BCUT2D eigenvalue weighted by Crippen LogP contribution is -2.24. The summed E-state index contributed by atoms with van der Waals surface area (Å²) < 4.78 is 7.15. The van der Waals surface area contributed by atoms with Gasteiger partial charge in [-0.25, -0.2) is 10.2 Å². The topological polar surface area (TPSA) is 67.6 Å². The van der Waals surface area contributed by atoms with E-state index in [1.54, 1.807) is 13.3 Å². The molecule has 0 aliphatic rings. The summed E-state index contributed by atoms with van der Waals surface area (Å²) in [5, 5.41) is 6.84. The van der Waals surface area contributed by atoms with Crippen molar-refractivity contribution in [2.24, 2.45) is 5.10 Å². The number of hydrogen-bond acceptors (Lipinski definition) is 3. The minimum atomic E-state index is -0.388. The Hall–Kier alpha value is -3.54. The van der Waals surface area contributed by atoms with Gasteiger partial charge in [-0.15, -0.1) is 0 Å². The summed E-state index contributed by atoms with van der Waals surface area (Å²) in [7, 11) is 1.64. The molecule has 0 unspecified atom stereocenters. The summed E-state index contributed by atoms with van der Waals surface area (Å²) in [5.74, 6) is 0.797. The molecule has 0 radical (unpaired) electrons. The Kier molecular flexibility index (Phi) is 5.56. The second kappa shape index (κ2) is 8.23. The molecule has 2 N–H and O–H groups in total. The summed E-state index contributed by atoms with van der Waals surface area (Å²) in [6.07, 6.45) is 3.53. The minimum Gasteiger partial charge on any atom is -0.497 e. The van der Waals surface area contributed by atoms with E-state index in [-0.39, 0.29) is 6.03 Å². The molecule has 1 aromatic heterocycles. The van der Waals surface area contributed by atoms with Crippen LogP contribution in [-0.2, 0) is 0 Å². The Balaban J connectivity index is 1.64. The van der Waals surface area contributed by atoms with Crippen molar-refractivity contribution in [1.82, 2.24) is 9.99 Å². The summed E-state index contributed by atoms with van der Waals surface area (Å²) in [6, 6.07) is 17.0. The first-order valence-corrected chi connectivity index (χ1v) is 8.56. The first-order valence-electron chi connectivity index (χ1n) is 8.56. The van der Waals surface area contributed by atoms with E-state index < -0.39 is 0 Å². The van der Waals surface area contributed by atoms with E-state index in [4.69, 9.17) is 4.74 Å². The van der Waals surface area contributed by atoms with Crippen LogP contribution in [0.5, 0.6) is 5.75 Å². The lowest BCUT2D eigenvalue weighted by atomic mass is 10.1. The van der Waals surface area contributed by atoms with Gasteiger partial charge in [0.1, 0.15) is 5.75 Å². The largest absolute Gasteiger partial charge is 0.497 e. The van der Waals surface area contributed by atoms with Crippen molar-refractivity contribution < 1.29 is 9.53 Å². The van der Waals surface area contributed by atoms with Gasteiger partial charge in [-0.3, -0.25) is 0 Å². The molecule has 0 saturated heterocycles. The lowest BCUT2D eigenvalue weighted by molar-refractivity contribution is 0.252. The third-order valence-electron chi connectivity index (χ3n) is 4.12. The predicted octanol–water partition coefficient (Wildman–Crippen LogP) is 4.26. The molecular weight excluding hydrogens is 340 g/mol. The van der Waals surface area contributed by atoms with Crippen molar-refractivity contribution in [1.29, 1.82) is 0 Å². The number of benzene rings is 2. The molecule has 0 aliphatic carbocycles. The number of amides is 2. The second-order valence-corrected chi connectivity index (χ2v) is 6.14. The molecule has 3 aromatic rings. The normalized spacial score (nSPS) is 10.8. The zero-order valence-corrected chi connectivity index (χ0v) is 15.6. The van der Waals surface area contributed by atoms with Gasteiger partial charge in [0.2, 0.25) is 0 Å². The molecule has 0 aliphatic heterocycles. The van der Waals surface area contributed by atoms with Gasteiger partial charge in [0, 0.05) is 17.6 Å². The Morgan fingerprint density at radius 2 is 1.89 bits per heavy atom. The van der Waals surface area contributed by atoms with Crippen LogP contribution in [-0.4, -0.2) is 23.9 Å². The zero-order valence-electron chi connectivity index (χ0n) is 15.6. The fourth-order valence-electron chi connectivity index (χ4n) is 2.74. The maximum atomic E-state index is 12.0. The smallest absolute Gasteiger partial charge is 0.339 e. The number of hydrazone groups is 1. The first kappa shape index (κ1) is 18.3. The van der Waals surface area contributed by atoms with E-state index in [1.807, 2.05) is 79.2 Å². The third kappa shape index (κ3) is 4.55. The second-order valence-electron chi connectivity index (χ2n) is 6.14. The van der Waals surface area contributed by atoms with Gasteiger partial charge < -0.3 is 14.6 Å². The van der Waals surface area contributed by atoms with Crippen molar-refractivity contribution in [2.45, 2.75) is 13.8 Å². The number of nitrogens with zero attached hydrogens (tertiary/aromatic N) is 2. The Labute approximate surface area is 158 Å². The van der Waals surface area contributed by atoms with E-state index >= 15 is 0 Å². The van der Waals surface area contributed by atoms with Crippen molar-refractivity contribution in [3.05, 3.63) is 77.6 Å². The molecule has 27 heavy (non-hydrogen) atoms. The molecule has 0 spiro atoms. The average Bonchev–Trinajstić information content (AvgIpc) is 3.12. The number of carbonyl (C=O) groups is 1. The fourth-order valence-corrected chi connectivity index (χ4v) is 2.74. The van der Waals surface area contributed by atoms with Gasteiger partial charge in [-0.1, -0.05) is 17.7 Å². The van der Waals surface area contributed by atoms with Gasteiger partial charge >= 0.3 is 6.03 Å². The van der Waals surface area contributed by atoms with Crippen LogP contribution in [0.3, 0.4) is 0 Å². The van der Waals surface area contributed by atoms with Crippen LogP contribution in [0.1, 0.15) is 16.8 Å². The fraction of sp³-hybridized carbons (Fsp3) is 0.143. The van der Waals surface area contributed by atoms with Crippen LogP contribution in [0, 0.1) is 13.8 Å². The quantitative estimate of drug-likeness (QED) is 0.526. The number of carbonyl (C=O) groups excluding carboxylic acids is 1. The van der Waals surface area contributed by atoms with Crippen molar-refractivity contribution in [2.75, 3.05) is 12.4 Å². The lowest BCUT2D eigenvalue weighted by Gasteiger charge is -2.09. The number of rotatable bonds is 5. The van der Waals surface area contributed by atoms with E-state index in [0.29, 0.717) is 0 Å². The van der Waals surface area contributed by atoms with E-state index in [2.05, 4.69) is 15.8 Å². The number of methoxy groups -OCH3 is 1. The first-order chi connectivity index (χ1) is 13.1. The van der Waals surface area contributed by atoms with Crippen LogP contribution in [0.4, 0.5) is 10.5 Å². The average molecular weight is 362 g/mol. The monoisotopic (exact) mass is 362 g/mol. The van der Waals surface area contributed by atoms with Crippen molar-refractivity contribution in [3.8, 4) is 11.4 Å². The van der Waals surface area contributed by atoms with Crippen LogP contribution < -0.4 is 15.5 Å². The number of anilines is 1. The number of urea groups is 1. The summed E-state index contributed by atoms with van der Waals surface area (Å²) >= 11 is 0. The highest BCUT2D eigenvalue weighted by atomic mass is 16.5. The molecule has 0 atom stereocenters. The maximum absolute atomic E-state index is 12.0. The van der Waals surface area contributed by atoms with Gasteiger partial charge in [0.05, 0.1) is 19.0 Å². The highest BCUT2D eigenvalue weighted by Crippen LogP contribution is 2.17. The highest BCUT2D eigenvalue weighted by Gasteiger charge is 2.04. The number of aryl methyl sites for hydroxylation is 2. The van der Waals surface area contributed by atoms with Crippen LogP contribution in [0.2, 0.25) is 0 Å². The Bertz CT molecular complexity index is 959. The SMILES string of the molecule is COc1ccc(-n2cccc2/C=N\NC(=O)Nc2ccc(C)cc2C)cc1. The number of nitrogens with one attached hydrogen (secondary N) is 2. The molecule has 1 heterocycles. The van der Waals surface area contributed by atoms with Gasteiger partial charge in [-0.05, 0) is 61.9 Å². The molecule has 0 fully saturated rings. The van der Waals surface area contributed by atoms with Crippen LogP contribution >= 0.6 is 0 Å². The summed E-state index contributed by atoms with van der Waals surface area (Å²) in [6.45, 7) is 3.96. The van der Waals surface area contributed by atoms with E-state index in [0.717, 1.165) is 33.9 Å². The summed E-state index contributed by atoms with van der Waals surface area (Å²) in [5.41, 5.74) is 7.22. The Morgan fingerprint density at radius 1 is 1.11 bits per heavy atom. The van der Waals surface area contributed by atoms with Gasteiger partial charge in [0.15, 0.2) is 0 Å². The zero-order chi connectivity index (χ0) is 19.2. The summed E-state index contributed by atoms with van der Waals surface area (Å²) in [4.78, 5) is 12.0. The number of aromatic nitrogens is 1. The molecule has 138 valence electrons. The van der Waals surface area contributed by atoms with Crippen molar-refractivity contribution in [3.63, 3.8) is 0 Å². The van der Waals surface area contributed by atoms with Crippen LogP contribution in [0.15, 0.2) is 65.9 Å². The number of hydrogen-bond donors (Lipinski definition) is 2. The molecule has 6 heteroatoms. The van der Waals surface area contributed by atoms with E-state index in [9.17, 15) is 4.79 Å². The molecule has 2 aromatic carbocycles. The van der Waals surface area contributed by atoms with Crippen molar-refractivity contribution >= 4 is 17.9 Å². The predicted molar refractivity (Wildman–Crippen MR) is 108 cm³/mol. The van der Waals surface area contributed by atoms with E-state index in [1.165, 1.54) is 0 Å². The van der Waals surface area contributed by atoms with Crippen LogP contribution in [0.25, 0.3) is 5.69 Å². The highest BCUT2D eigenvalue weighted by molar-refractivity contribution is 5.91.